The first-order chi connectivity index (χ1) is 10.3. The lowest BCUT2D eigenvalue weighted by Crippen LogP contribution is -2.46. The largest absolute Gasteiger partial charge is 0.379 e. The van der Waals surface area contributed by atoms with Gasteiger partial charge in [-0.25, -0.2) is 0 Å². The Hall–Kier alpha value is -0.650. The number of ether oxygens (including phenoxy) is 1. The van der Waals surface area contributed by atoms with Gasteiger partial charge in [-0.05, 0) is 45.3 Å². The van der Waals surface area contributed by atoms with Crippen LogP contribution in [0.2, 0.25) is 0 Å². The highest BCUT2D eigenvalue weighted by atomic mass is 16.5. The third-order valence-electron chi connectivity index (χ3n) is 5.19. The van der Waals surface area contributed by atoms with Crippen molar-refractivity contribution in [3.63, 3.8) is 0 Å². The zero-order chi connectivity index (χ0) is 14.7. The van der Waals surface area contributed by atoms with Gasteiger partial charge < -0.3 is 15.0 Å². The van der Waals surface area contributed by atoms with E-state index in [1.54, 1.807) is 0 Å². The Labute approximate surface area is 128 Å². The van der Waals surface area contributed by atoms with E-state index < -0.39 is 0 Å². The van der Waals surface area contributed by atoms with Crippen molar-refractivity contribution in [2.24, 2.45) is 5.92 Å². The molecule has 0 saturated carbocycles. The highest BCUT2D eigenvalue weighted by molar-refractivity contribution is 5.80. The van der Waals surface area contributed by atoms with E-state index in [0.717, 1.165) is 32.5 Å². The molecule has 3 aliphatic rings. The van der Waals surface area contributed by atoms with Crippen LogP contribution in [0.4, 0.5) is 0 Å². The van der Waals surface area contributed by atoms with Gasteiger partial charge in [0.25, 0.3) is 0 Å². The lowest BCUT2D eigenvalue weighted by atomic mass is 10.0. The summed E-state index contributed by atoms with van der Waals surface area (Å²) in [6.07, 6.45) is 4.89. The summed E-state index contributed by atoms with van der Waals surface area (Å²) in [5, 5.41) is 3.47. The number of hydrogen-bond acceptors (Lipinski definition) is 4. The number of nitrogens with zero attached hydrogens (tertiary/aromatic N) is 2. The second-order valence-electron chi connectivity index (χ2n) is 6.67. The minimum atomic E-state index is 0.0221. The van der Waals surface area contributed by atoms with Crippen LogP contribution in [0.25, 0.3) is 0 Å². The number of likely N-dealkylation sites (tertiary alicyclic amines) is 2. The van der Waals surface area contributed by atoms with E-state index in [1.807, 2.05) is 0 Å². The third-order valence-corrected chi connectivity index (χ3v) is 5.19. The Bertz CT molecular complexity index is 357. The molecule has 3 saturated heterocycles. The monoisotopic (exact) mass is 295 g/mol. The first-order valence-corrected chi connectivity index (χ1v) is 8.63. The lowest BCUT2D eigenvalue weighted by Gasteiger charge is -2.26. The number of nitrogens with one attached hydrogen (secondary N) is 1. The average molecular weight is 295 g/mol. The van der Waals surface area contributed by atoms with Crippen LogP contribution >= 0.6 is 0 Å². The molecule has 3 rings (SSSR count). The maximum atomic E-state index is 12.8. The summed E-state index contributed by atoms with van der Waals surface area (Å²) in [6.45, 7) is 8.69. The summed E-state index contributed by atoms with van der Waals surface area (Å²) in [5.41, 5.74) is 0. The summed E-state index contributed by atoms with van der Waals surface area (Å²) in [5.74, 6) is 0.330. The minimum Gasteiger partial charge on any atom is -0.379 e. The van der Waals surface area contributed by atoms with Crippen LogP contribution in [0.1, 0.15) is 32.6 Å². The smallest absolute Gasteiger partial charge is 0.229 e. The highest BCUT2D eigenvalue weighted by Gasteiger charge is 2.39. The Morgan fingerprint density at radius 3 is 2.81 bits per heavy atom. The maximum Gasteiger partial charge on any atom is 0.229 e. The van der Waals surface area contributed by atoms with Crippen LogP contribution in [0.5, 0.6) is 0 Å². The predicted molar refractivity (Wildman–Crippen MR) is 82.2 cm³/mol. The van der Waals surface area contributed by atoms with Crippen LogP contribution in [-0.2, 0) is 9.53 Å². The fraction of sp³-hybridized carbons (Fsp3) is 0.938. The van der Waals surface area contributed by atoms with Gasteiger partial charge in [-0.2, -0.15) is 0 Å². The first kappa shape index (κ1) is 15.3. The van der Waals surface area contributed by atoms with Gasteiger partial charge in [0.05, 0.1) is 19.1 Å². The fourth-order valence-corrected chi connectivity index (χ4v) is 3.91. The quantitative estimate of drug-likeness (QED) is 0.811. The fourth-order valence-electron chi connectivity index (χ4n) is 3.91. The molecule has 0 aromatic carbocycles. The van der Waals surface area contributed by atoms with Crippen molar-refractivity contribution in [1.29, 1.82) is 0 Å². The van der Waals surface area contributed by atoms with Crippen LogP contribution in [0.15, 0.2) is 0 Å². The van der Waals surface area contributed by atoms with E-state index in [9.17, 15) is 4.79 Å². The Balaban J connectivity index is 1.53. The van der Waals surface area contributed by atoms with E-state index in [1.165, 1.54) is 25.9 Å². The summed E-state index contributed by atoms with van der Waals surface area (Å²) < 4.78 is 5.55. The van der Waals surface area contributed by atoms with Crippen LogP contribution in [0, 0.1) is 5.92 Å². The molecule has 0 aromatic rings. The Morgan fingerprint density at radius 2 is 2.05 bits per heavy atom. The molecular weight excluding hydrogens is 266 g/mol. The summed E-state index contributed by atoms with van der Waals surface area (Å²) in [6, 6.07) is 0.809. The second-order valence-corrected chi connectivity index (χ2v) is 6.67. The number of carbonyl (C=O) groups excluding carboxylic acids is 1. The number of hydrogen-bond donors (Lipinski definition) is 1. The molecule has 120 valence electrons. The first-order valence-electron chi connectivity index (χ1n) is 8.63. The van der Waals surface area contributed by atoms with Gasteiger partial charge in [-0.3, -0.25) is 9.69 Å². The van der Waals surface area contributed by atoms with Gasteiger partial charge in [0.1, 0.15) is 0 Å². The van der Waals surface area contributed by atoms with Gasteiger partial charge in [0, 0.05) is 25.2 Å². The van der Waals surface area contributed by atoms with Gasteiger partial charge in [0.2, 0.25) is 5.91 Å². The molecule has 21 heavy (non-hydrogen) atoms. The van der Waals surface area contributed by atoms with Crippen molar-refractivity contribution in [2.75, 3.05) is 45.9 Å². The van der Waals surface area contributed by atoms with Gasteiger partial charge >= 0.3 is 0 Å². The van der Waals surface area contributed by atoms with Crippen molar-refractivity contribution >= 4 is 5.91 Å². The van der Waals surface area contributed by atoms with Crippen LogP contribution < -0.4 is 5.32 Å². The average Bonchev–Trinajstić information content (AvgIpc) is 3.24. The van der Waals surface area contributed by atoms with Crippen LogP contribution in [0.3, 0.4) is 0 Å². The normalized spacial score (nSPS) is 34.0. The van der Waals surface area contributed by atoms with E-state index >= 15 is 0 Å². The molecular formula is C16H29N3O2. The highest BCUT2D eigenvalue weighted by Crippen LogP contribution is 2.24. The van der Waals surface area contributed by atoms with E-state index in [0.29, 0.717) is 25.2 Å². The third kappa shape index (κ3) is 3.41. The molecule has 3 fully saturated rings. The molecule has 5 nitrogen and oxygen atoms in total. The Kier molecular flexibility index (Phi) is 5.14. The van der Waals surface area contributed by atoms with Crippen molar-refractivity contribution in [1.82, 2.24) is 15.1 Å². The summed E-state index contributed by atoms with van der Waals surface area (Å²) >= 11 is 0. The molecule has 3 aliphatic heterocycles. The molecule has 0 radical (unpaired) electrons. The molecule has 0 spiro atoms. The van der Waals surface area contributed by atoms with Crippen molar-refractivity contribution in [3.05, 3.63) is 0 Å². The molecule has 0 bridgehead atoms. The van der Waals surface area contributed by atoms with Gasteiger partial charge in [-0.15, -0.1) is 0 Å². The molecule has 0 aromatic heterocycles. The molecule has 0 aliphatic carbocycles. The molecule has 1 amide bonds. The van der Waals surface area contributed by atoms with Gasteiger partial charge in [-0.1, -0.05) is 6.92 Å². The van der Waals surface area contributed by atoms with E-state index in [4.69, 9.17) is 4.74 Å². The Morgan fingerprint density at radius 1 is 1.24 bits per heavy atom. The maximum absolute atomic E-state index is 12.8. The standard InChI is InChI=1S/C16H29N3O2/c1-2-6-17-15-12-21-11-14(15)16(20)19-9-5-13(10-19)18-7-3-4-8-18/h13-15,17H,2-12H2,1H3. The zero-order valence-electron chi connectivity index (χ0n) is 13.2. The predicted octanol–water partition coefficient (Wildman–Crippen LogP) is 0.698. The van der Waals surface area contributed by atoms with E-state index in [2.05, 4.69) is 22.0 Å². The number of carbonyl (C=O) groups is 1. The summed E-state index contributed by atoms with van der Waals surface area (Å²) in [4.78, 5) is 17.4. The molecule has 1 N–H and O–H groups in total. The molecule has 3 heterocycles. The molecule has 3 unspecified atom stereocenters. The second kappa shape index (κ2) is 7.07. The lowest BCUT2D eigenvalue weighted by molar-refractivity contribution is -0.135. The number of rotatable bonds is 5. The topological polar surface area (TPSA) is 44.8 Å². The van der Waals surface area contributed by atoms with Crippen molar-refractivity contribution < 1.29 is 9.53 Å². The molecule has 5 heteroatoms. The van der Waals surface area contributed by atoms with Crippen molar-refractivity contribution in [2.45, 2.75) is 44.7 Å². The zero-order valence-corrected chi connectivity index (χ0v) is 13.2. The molecule has 3 atom stereocenters. The minimum absolute atomic E-state index is 0.0221. The van der Waals surface area contributed by atoms with Crippen LogP contribution in [-0.4, -0.2) is 73.7 Å². The number of amides is 1. The SMILES string of the molecule is CCCNC1COCC1C(=O)N1CCC(N2CCCC2)C1. The van der Waals surface area contributed by atoms with E-state index in [-0.39, 0.29) is 12.0 Å². The summed E-state index contributed by atoms with van der Waals surface area (Å²) in [7, 11) is 0. The van der Waals surface area contributed by atoms with Crippen molar-refractivity contribution in [3.8, 4) is 0 Å². The van der Waals surface area contributed by atoms with Gasteiger partial charge in [0.15, 0.2) is 0 Å².